The highest BCUT2D eigenvalue weighted by molar-refractivity contribution is 5.98. The van der Waals surface area contributed by atoms with Crippen LogP contribution in [0.1, 0.15) is 5.56 Å². The Balaban J connectivity index is 0.000000136. The van der Waals surface area contributed by atoms with Crippen molar-refractivity contribution in [3.05, 3.63) is 60.2 Å². The highest BCUT2D eigenvalue weighted by Crippen LogP contribution is 2.20. The molecule has 2 aromatic carbocycles. The third-order valence-corrected chi connectivity index (χ3v) is 2.40. The lowest BCUT2D eigenvalue weighted by Crippen LogP contribution is -2.03. The van der Waals surface area contributed by atoms with Crippen molar-refractivity contribution in [3.8, 4) is 5.75 Å². The van der Waals surface area contributed by atoms with Crippen molar-refractivity contribution in [2.75, 3.05) is 5.32 Å². The number of hydrogen-bond donors (Lipinski definition) is 2. The minimum atomic E-state index is 0.0983. The first-order chi connectivity index (χ1) is 8.25. The number of para-hydroxylation sites is 2. The van der Waals surface area contributed by atoms with Gasteiger partial charge in [-0.15, -0.1) is 0 Å². The van der Waals surface area contributed by atoms with E-state index in [1.807, 2.05) is 30.3 Å². The molecule has 2 N–H and O–H groups in total. The molecule has 86 valence electrons. The monoisotopic (exact) mass is 227 g/mol. The van der Waals surface area contributed by atoms with E-state index in [0.717, 1.165) is 11.3 Å². The lowest BCUT2D eigenvalue weighted by atomic mass is 10.2. The first-order valence-electron chi connectivity index (χ1n) is 5.37. The third kappa shape index (κ3) is 3.08. The van der Waals surface area contributed by atoms with E-state index in [1.165, 1.54) is 0 Å². The van der Waals surface area contributed by atoms with E-state index in [0.29, 0.717) is 12.2 Å². The van der Waals surface area contributed by atoms with Crippen LogP contribution < -0.4 is 5.32 Å². The van der Waals surface area contributed by atoms with Crippen molar-refractivity contribution in [1.29, 1.82) is 0 Å². The molecular weight excluding hydrogens is 214 g/mol. The SMILES string of the molecule is O=C1Cc2ccccc2N1.Oc1ccccc1. The summed E-state index contributed by atoms with van der Waals surface area (Å²) >= 11 is 0. The van der Waals surface area contributed by atoms with Gasteiger partial charge in [0.25, 0.3) is 0 Å². The van der Waals surface area contributed by atoms with E-state index >= 15 is 0 Å². The molecule has 1 amide bonds. The second-order valence-electron chi connectivity index (χ2n) is 3.72. The first-order valence-corrected chi connectivity index (χ1v) is 5.37. The zero-order valence-electron chi connectivity index (χ0n) is 9.26. The Morgan fingerprint density at radius 1 is 0.941 bits per heavy atom. The molecule has 0 fully saturated rings. The van der Waals surface area contributed by atoms with Gasteiger partial charge >= 0.3 is 0 Å². The number of anilines is 1. The van der Waals surface area contributed by atoms with Gasteiger partial charge in [-0.1, -0.05) is 36.4 Å². The Hall–Kier alpha value is -2.29. The number of nitrogens with one attached hydrogen (secondary N) is 1. The average molecular weight is 227 g/mol. The Labute approximate surface area is 99.7 Å². The van der Waals surface area contributed by atoms with Gasteiger partial charge in [-0.25, -0.2) is 0 Å². The van der Waals surface area contributed by atoms with Gasteiger partial charge in [-0.3, -0.25) is 4.79 Å². The Morgan fingerprint density at radius 3 is 2.18 bits per heavy atom. The lowest BCUT2D eigenvalue weighted by Gasteiger charge is -1.93. The molecule has 0 spiro atoms. The normalized spacial score (nSPS) is 12.1. The molecule has 3 rings (SSSR count). The van der Waals surface area contributed by atoms with E-state index in [2.05, 4.69) is 5.32 Å². The summed E-state index contributed by atoms with van der Waals surface area (Å²) in [6.07, 6.45) is 0.538. The molecule has 0 bridgehead atoms. The first kappa shape index (κ1) is 11.2. The standard InChI is InChI=1S/C8H7NO.C6H6O/c10-8-5-6-3-1-2-4-7(6)9-8;7-6-4-2-1-3-5-6/h1-4H,5H2,(H,9,10);1-5,7H. The summed E-state index contributed by atoms with van der Waals surface area (Å²) in [5, 5.41) is 11.4. The number of carbonyl (C=O) groups excluding carboxylic acids is 1. The zero-order valence-corrected chi connectivity index (χ0v) is 9.26. The summed E-state index contributed by atoms with van der Waals surface area (Å²) in [6, 6.07) is 16.5. The number of aromatic hydroxyl groups is 1. The van der Waals surface area contributed by atoms with Crippen molar-refractivity contribution in [3.63, 3.8) is 0 Å². The molecule has 0 saturated heterocycles. The van der Waals surface area contributed by atoms with Crippen LogP contribution in [0, 0.1) is 0 Å². The maximum Gasteiger partial charge on any atom is 0.228 e. The zero-order chi connectivity index (χ0) is 12.1. The van der Waals surface area contributed by atoms with E-state index in [9.17, 15) is 4.79 Å². The molecule has 1 heterocycles. The molecule has 1 aliphatic heterocycles. The summed E-state index contributed by atoms with van der Waals surface area (Å²) in [5.41, 5.74) is 2.07. The van der Waals surface area contributed by atoms with Crippen LogP contribution in [0.2, 0.25) is 0 Å². The van der Waals surface area contributed by atoms with Gasteiger partial charge in [-0.05, 0) is 23.8 Å². The number of phenolic OH excluding ortho intramolecular Hbond substituents is 1. The van der Waals surface area contributed by atoms with Crippen LogP contribution >= 0.6 is 0 Å². The number of hydrogen-bond acceptors (Lipinski definition) is 2. The van der Waals surface area contributed by atoms with Crippen LogP contribution in [0.3, 0.4) is 0 Å². The number of fused-ring (bicyclic) bond motifs is 1. The molecule has 0 unspecified atom stereocenters. The second kappa shape index (κ2) is 5.16. The lowest BCUT2D eigenvalue weighted by molar-refractivity contribution is -0.115. The Kier molecular flexibility index (Phi) is 3.40. The maximum absolute atomic E-state index is 10.8. The van der Waals surface area contributed by atoms with Crippen LogP contribution in [-0.2, 0) is 11.2 Å². The van der Waals surface area contributed by atoms with Gasteiger partial charge in [0, 0.05) is 5.69 Å². The Bertz CT molecular complexity index is 482. The van der Waals surface area contributed by atoms with Gasteiger partial charge in [0.05, 0.1) is 6.42 Å². The van der Waals surface area contributed by atoms with E-state index in [1.54, 1.807) is 24.3 Å². The van der Waals surface area contributed by atoms with Crippen LogP contribution in [0.25, 0.3) is 0 Å². The summed E-state index contributed by atoms with van der Waals surface area (Å²) in [4.78, 5) is 10.8. The predicted molar refractivity (Wildman–Crippen MR) is 66.9 cm³/mol. The minimum Gasteiger partial charge on any atom is -0.508 e. The minimum absolute atomic E-state index is 0.0983. The van der Waals surface area contributed by atoms with Crippen LogP contribution in [-0.4, -0.2) is 11.0 Å². The quantitative estimate of drug-likeness (QED) is 0.726. The smallest absolute Gasteiger partial charge is 0.228 e. The van der Waals surface area contributed by atoms with Crippen LogP contribution in [0.15, 0.2) is 54.6 Å². The highest BCUT2D eigenvalue weighted by atomic mass is 16.3. The van der Waals surface area contributed by atoms with Crippen molar-refractivity contribution in [2.24, 2.45) is 0 Å². The largest absolute Gasteiger partial charge is 0.508 e. The summed E-state index contributed by atoms with van der Waals surface area (Å²) in [7, 11) is 0. The second-order valence-corrected chi connectivity index (χ2v) is 3.72. The number of carbonyl (C=O) groups is 1. The van der Waals surface area contributed by atoms with Crippen molar-refractivity contribution in [1.82, 2.24) is 0 Å². The average Bonchev–Trinajstić information content (AvgIpc) is 2.71. The molecule has 0 aliphatic carbocycles. The van der Waals surface area contributed by atoms with Gasteiger partial charge in [0.15, 0.2) is 0 Å². The molecule has 0 saturated carbocycles. The molecular formula is C14H13NO2. The number of rotatable bonds is 0. The topological polar surface area (TPSA) is 49.3 Å². The van der Waals surface area contributed by atoms with E-state index in [4.69, 9.17) is 5.11 Å². The number of amides is 1. The van der Waals surface area contributed by atoms with Crippen molar-refractivity contribution >= 4 is 11.6 Å². The molecule has 3 nitrogen and oxygen atoms in total. The van der Waals surface area contributed by atoms with Crippen molar-refractivity contribution in [2.45, 2.75) is 6.42 Å². The van der Waals surface area contributed by atoms with Gasteiger partial charge in [-0.2, -0.15) is 0 Å². The highest BCUT2D eigenvalue weighted by Gasteiger charge is 2.15. The van der Waals surface area contributed by atoms with Crippen LogP contribution in [0.5, 0.6) is 5.75 Å². The molecule has 3 heteroatoms. The molecule has 0 atom stereocenters. The van der Waals surface area contributed by atoms with Gasteiger partial charge in [0.1, 0.15) is 5.75 Å². The van der Waals surface area contributed by atoms with Crippen LogP contribution in [0.4, 0.5) is 5.69 Å². The maximum atomic E-state index is 10.8. The molecule has 17 heavy (non-hydrogen) atoms. The van der Waals surface area contributed by atoms with Gasteiger partial charge in [0.2, 0.25) is 5.91 Å². The summed E-state index contributed by atoms with van der Waals surface area (Å²) < 4.78 is 0. The molecule has 0 radical (unpaired) electrons. The van der Waals surface area contributed by atoms with E-state index in [-0.39, 0.29) is 5.91 Å². The van der Waals surface area contributed by atoms with Gasteiger partial charge < -0.3 is 10.4 Å². The third-order valence-electron chi connectivity index (χ3n) is 2.40. The summed E-state index contributed by atoms with van der Waals surface area (Å²) in [5.74, 6) is 0.420. The number of phenols is 1. The summed E-state index contributed by atoms with van der Waals surface area (Å²) in [6.45, 7) is 0. The molecule has 2 aromatic rings. The fourth-order valence-corrected chi connectivity index (χ4v) is 1.59. The van der Waals surface area contributed by atoms with Crippen molar-refractivity contribution < 1.29 is 9.90 Å². The fraction of sp³-hybridized carbons (Fsp3) is 0.0714. The Morgan fingerprint density at radius 2 is 1.59 bits per heavy atom. The molecule has 0 aromatic heterocycles. The fourth-order valence-electron chi connectivity index (χ4n) is 1.59. The number of benzene rings is 2. The molecule has 1 aliphatic rings. The van der Waals surface area contributed by atoms with E-state index < -0.39 is 0 Å². The predicted octanol–water partition coefficient (Wildman–Crippen LogP) is 2.57.